The minimum atomic E-state index is -0.540. The molecule has 0 unspecified atom stereocenters. The van der Waals surface area contributed by atoms with E-state index in [0.717, 1.165) is 66.1 Å². The number of hydrogen-bond acceptors (Lipinski definition) is 4. The molecule has 0 amide bonds. The number of fused-ring (bicyclic) bond motifs is 12. The van der Waals surface area contributed by atoms with Crippen molar-refractivity contribution in [2.24, 2.45) is 0 Å². The molecule has 59 heavy (non-hydrogen) atoms. The summed E-state index contributed by atoms with van der Waals surface area (Å²) in [6, 6.07) is 70.8. The Bertz CT molecular complexity index is 3260. The van der Waals surface area contributed by atoms with Gasteiger partial charge < -0.3 is 0 Å². The molecular formula is C55H32N4. The Morgan fingerprint density at radius 2 is 0.763 bits per heavy atom. The van der Waals surface area contributed by atoms with Crippen LogP contribution in [-0.2, 0) is 5.41 Å². The number of rotatable bonds is 4. The molecule has 272 valence electrons. The van der Waals surface area contributed by atoms with E-state index >= 15 is 0 Å². The van der Waals surface area contributed by atoms with Crippen molar-refractivity contribution in [2.45, 2.75) is 5.41 Å². The van der Waals surface area contributed by atoms with Crippen LogP contribution >= 0.6 is 0 Å². The number of nitriles is 1. The zero-order valence-electron chi connectivity index (χ0n) is 31.8. The fourth-order valence-electron chi connectivity index (χ4n) is 9.95. The zero-order chi connectivity index (χ0) is 39.1. The van der Waals surface area contributed by atoms with Gasteiger partial charge in [-0.25, -0.2) is 15.0 Å². The molecule has 0 N–H and O–H groups in total. The molecule has 0 atom stereocenters. The van der Waals surface area contributed by atoms with Gasteiger partial charge in [-0.2, -0.15) is 5.26 Å². The summed E-state index contributed by atoms with van der Waals surface area (Å²) in [5, 5.41) is 15.1. The number of aromatic nitrogens is 3. The molecule has 2 aliphatic carbocycles. The van der Waals surface area contributed by atoms with Crippen molar-refractivity contribution in [3.05, 3.63) is 222 Å². The Balaban J connectivity index is 1.05. The molecule has 0 saturated heterocycles. The van der Waals surface area contributed by atoms with Gasteiger partial charge >= 0.3 is 0 Å². The van der Waals surface area contributed by atoms with Gasteiger partial charge in [0.05, 0.1) is 17.0 Å². The molecule has 9 aromatic carbocycles. The van der Waals surface area contributed by atoms with Gasteiger partial charge in [-0.1, -0.05) is 188 Å². The van der Waals surface area contributed by atoms with Gasteiger partial charge in [0, 0.05) is 22.3 Å². The van der Waals surface area contributed by atoms with Gasteiger partial charge in [0.25, 0.3) is 0 Å². The number of nitrogens with zero attached hydrogens (tertiary/aromatic N) is 4. The van der Waals surface area contributed by atoms with E-state index in [9.17, 15) is 5.26 Å². The van der Waals surface area contributed by atoms with Gasteiger partial charge in [-0.15, -0.1) is 0 Å². The monoisotopic (exact) mass is 748 g/mol. The normalized spacial score (nSPS) is 12.9. The molecule has 4 heteroatoms. The fourth-order valence-corrected chi connectivity index (χ4v) is 9.95. The van der Waals surface area contributed by atoms with Crippen LogP contribution in [0.3, 0.4) is 0 Å². The summed E-state index contributed by atoms with van der Waals surface area (Å²) in [6.45, 7) is 0. The molecule has 0 bridgehead atoms. The highest BCUT2D eigenvalue weighted by Crippen LogP contribution is 2.64. The number of benzene rings is 9. The van der Waals surface area contributed by atoms with E-state index in [2.05, 4.69) is 188 Å². The van der Waals surface area contributed by atoms with E-state index in [1.807, 2.05) is 12.1 Å². The first kappa shape index (κ1) is 33.2. The summed E-state index contributed by atoms with van der Waals surface area (Å²) in [5.41, 5.74) is 14.5. The smallest absolute Gasteiger partial charge is 0.164 e. The third-order valence-corrected chi connectivity index (χ3v) is 12.4. The summed E-state index contributed by atoms with van der Waals surface area (Å²) in [7, 11) is 0. The average molecular weight is 749 g/mol. The summed E-state index contributed by atoms with van der Waals surface area (Å²) in [5.74, 6) is 1.86. The highest BCUT2D eigenvalue weighted by Gasteiger charge is 2.52. The molecule has 0 aliphatic heterocycles. The molecule has 0 radical (unpaired) electrons. The van der Waals surface area contributed by atoms with Crippen LogP contribution in [0.15, 0.2) is 194 Å². The van der Waals surface area contributed by atoms with E-state index in [0.29, 0.717) is 23.0 Å². The molecule has 4 nitrogen and oxygen atoms in total. The maximum absolute atomic E-state index is 10.6. The molecule has 1 heterocycles. The molecular weight excluding hydrogens is 717 g/mol. The van der Waals surface area contributed by atoms with Gasteiger partial charge in [-0.3, -0.25) is 0 Å². The average Bonchev–Trinajstić information content (AvgIpc) is 3.79. The molecule has 2 aliphatic rings. The number of hydrogen-bond donors (Lipinski definition) is 0. The molecule has 1 spiro atoms. The van der Waals surface area contributed by atoms with E-state index in [4.69, 9.17) is 15.0 Å². The maximum atomic E-state index is 10.6. The van der Waals surface area contributed by atoms with Gasteiger partial charge in [0.15, 0.2) is 17.5 Å². The van der Waals surface area contributed by atoms with E-state index in [-0.39, 0.29) is 0 Å². The molecule has 10 aromatic rings. The van der Waals surface area contributed by atoms with Crippen LogP contribution in [0.1, 0.15) is 27.8 Å². The third kappa shape index (κ3) is 4.73. The minimum Gasteiger partial charge on any atom is -0.208 e. The van der Waals surface area contributed by atoms with Crippen LogP contribution in [0.2, 0.25) is 0 Å². The summed E-state index contributed by atoms with van der Waals surface area (Å²) >= 11 is 0. The van der Waals surface area contributed by atoms with Crippen molar-refractivity contribution in [3.8, 4) is 73.6 Å². The highest BCUT2D eigenvalue weighted by molar-refractivity contribution is 6.02. The van der Waals surface area contributed by atoms with Crippen molar-refractivity contribution in [1.82, 2.24) is 15.0 Å². The van der Waals surface area contributed by atoms with E-state index in [1.54, 1.807) is 0 Å². The van der Waals surface area contributed by atoms with Crippen LogP contribution in [0.4, 0.5) is 0 Å². The topological polar surface area (TPSA) is 62.5 Å². The van der Waals surface area contributed by atoms with E-state index in [1.165, 1.54) is 27.8 Å². The second kappa shape index (κ2) is 12.8. The lowest BCUT2D eigenvalue weighted by Gasteiger charge is -2.30. The summed E-state index contributed by atoms with van der Waals surface area (Å²) < 4.78 is 0. The third-order valence-electron chi connectivity index (χ3n) is 12.4. The van der Waals surface area contributed by atoms with Crippen molar-refractivity contribution in [1.29, 1.82) is 5.26 Å². The van der Waals surface area contributed by atoms with Crippen molar-refractivity contribution in [3.63, 3.8) is 0 Å². The second-order valence-corrected chi connectivity index (χ2v) is 15.3. The fraction of sp³-hybridized carbons (Fsp3) is 0.0182. The van der Waals surface area contributed by atoms with Crippen molar-refractivity contribution >= 4 is 21.5 Å². The molecule has 0 fully saturated rings. The molecule has 0 saturated carbocycles. The van der Waals surface area contributed by atoms with Crippen LogP contribution in [0.25, 0.3) is 89.1 Å². The van der Waals surface area contributed by atoms with Gasteiger partial charge in [0.2, 0.25) is 0 Å². The SMILES string of the molecule is N#Cc1cccc2c1-c1c(-c3ccc(-c4nc(-c5cccc6ccccc56)nc(-c5cccc6ccccc56)n4)cc3)cccc1C21c2ccccc2-c2ccccc21. The van der Waals surface area contributed by atoms with Crippen molar-refractivity contribution in [2.75, 3.05) is 0 Å². The molecule has 12 rings (SSSR count). The zero-order valence-corrected chi connectivity index (χ0v) is 31.8. The van der Waals surface area contributed by atoms with Crippen LogP contribution in [0, 0.1) is 11.3 Å². The largest absolute Gasteiger partial charge is 0.208 e. The minimum absolute atomic E-state index is 0.540. The predicted molar refractivity (Wildman–Crippen MR) is 238 cm³/mol. The Hall–Kier alpha value is -8.00. The summed E-state index contributed by atoms with van der Waals surface area (Å²) in [4.78, 5) is 15.5. The lowest BCUT2D eigenvalue weighted by molar-refractivity contribution is 0.793. The Morgan fingerprint density at radius 1 is 0.339 bits per heavy atom. The molecule has 1 aromatic heterocycles. The Kier molecular flexibility index (Phi) is 7.17. The summed E-state index contributed by atoms with van der Waals surface area (Å²) in [6.07, 6.45) is 0. The predicted octanol–water partition coefficient (Wildman–Crippen LogP) is 13.1. The standard InChI is InChI=1S/C55H32N4/c56-33-38-17-11-27-48-50(38)51-41(22-12-28-49(51)55(48)46-25-7-5-20-42(46)43-21-6-8-26-47(43)55)36-29-31-37(32-30-36)52-57-53(44-23-9-15-34-13-1-3-18-39(34)44)59-54(58-52)45-24-10-16-35-14-2-4-19-40(35)45/h1-32H. The van der Waals surface area contributed by atoms with Gasteiger partial charge in [0.1, 0.15) is 0 Å². The Morgan fingerprint density at radius 3 is 1.37 bits per heavy atom. The van der Waals surface area contributed by atoms with Crippen LogP contribution in [-0.4, -0.2) is 15.0 Å². The quantitative estimate of drug-likeness (QED) is 0.180. The lowest BCUT2D eigenvalue weighted by Crippen LogP contribution is -2.25. The first-order valence-corrected chi connectivity index (χ1v) is 19.9. The van der Waals surface area contributed by atoms with Gasteiger partial charge in [-0.05, 0) is 77.7 Å². The maximum Gasteiger partial charge on any atom is 0.164 e. The lowest BCUT2D eigenvalue weighted by atomic mass is 9.70. The van der Waals surface area contributed by atoms with E-state index < -0.39 is 5.41 Å². The highest BCUT2D eigenvalue weighted by atomic mass is 15.0. The van der Waals surface area contributed by atoms with Crippen molar-refractivity contribution < 1.29 is 0 Å². The van der Waals surface area contributed by atoms with Crippen LogP contribution in [0.5, 0.6) is 0 Å². The first-order valence-electron chi connectivity index (χ1n) is 19.9. The Labute approximate surface area is 341 Å². The second-order valence-electron chi connectivity index (χ2n) is 15.3. The van der Waals surface area contributed by atoms with Crippen LogP contribution < -0.4 is 0 Å². The first-order chi connectivity index (χ1) is 29.2.